The lowest BCUT2D eigenvalue weighted by Crippen LogP contribution is -1.92. The lowest BCUT2D eigenvalue weighted by Gasteiger charge is -2.07. The van der Waals surface area contributed by atoms with E-state index in [2.05, 4.69) is 0 Å². The van der Waals surface area contributed by atoms with E-state index in [0.29, 0.717) is 0 Å². The maximum absolute atomic E-state index is 13.5. The van der Waals surface area contributed by atoms with Crippen molar-refractivity contribution in [3.8, 4) is 0 Å². The van der Waals surface area contributed by atoms with Crippen molar-refractivity contribution in [2.75, 3.05) is 5.73 Å². The van der Waals surface area contributed by atoms with E-state index < -0.39 is 17.5 Å². The van der Waals surface area contributed by atoms with Crippen molar-refractivity contribution in [3.05, 3.63) is 53.8 Å². The summed E-state index contributed by atoms with van der Waals surface area (Å²) in [5.74, 6) is -1.75. The Morgan fingerprint density at radius 3 is 2.41 bits per heavy atom. The molecule has 0 amide bonds. The van der Waals surface area contributed by atoms with E-state index in [0.717, 1.165) is 30.0 Å². The Labute approximate surface area is 100 Å². The first-order valence-electron chi connectivity index (χ1n) is 4.75. The molecule has 0 unspecified atom stereocenters. The van der Waals surface area contributed by atoms with Crippen molar-refractivity contribution in [1.82, 2.24) is 0 Å². The van der Waals surface area contributed by atoms with Crippen LogP contribution in [0.25, 0.3) is 0 Å². The van der Waals surface area contributed by atoms with Gasteiger partial charge in [-0.25, -0.2) is 13.2 Å². The fourth-order valence-corrected chi connectivity index (χ4v) is 2.21. The van der Waals surface area contributed by atoms with Crippen LogP contribution in [-0.2, 0) is 0 Å². The van der Waals surface area contributed by atoms with Crippen LogP contribution in [0.1, 0.15) is 0 Å². The molecule has 2 rings (SSSR count). The predicted octanol–water partition coefficient (Wildman–Crippen LogP) is 3.84. The standard InChI is InChI=1S/C12H8F3NS/c13-7-4-5-8(14)11(6-7)17-12-9(15)2-1-3-10(12)16/h1-6H,16H2. The largest absolute Gasteiger partial charge is 0.398 e. The maximum Gasteiger partial charge on any atom is 0.139 e. The highest BCUT2D eigenvalue weighted by atomic mass is 32.2. The Morgan fingerprint density at radius 1 is 0.941 bits per heavy atom. The van der Waals surface area contributed by atoms with Crippen LogP contribution in [0, 0.1) is 17.5 Å². The van der Waals surface area contributed by atoms with Gasteiger partial charge in [0.15, 0.2) is 0 Å². The summed E-state index contributed by atoms with van der Waals surface area (Å²) in [5.41, 5.74) is 5.77. The molecule has 0 radical (unpaired) electrons. The third-order valence-corrected chi connectivity index (χ3v) is 3.27. The zero-order chi connectivity index (χ0) is 12.4. The highest BCUT2D eigenvalue weighted by Gasteiger charge is 2.11. The number of benzene rings is 2. The molecule has 17 heavy (non-hydrogen) atoms. The molecule has 0 saturated carbocycles. The van der Waals surface area contributed by atoms with E-state index in [-0.39, 0.29) is 15.5 Å². The Balaban J connectivity index is 2.41. The van der Waals surface area contributed by atoms with E-state index in [1.165, 1.54) is 18.2 Å². The molecule has 0 aliphatic heterocycles. The second kappa shape index (κ2) is 4.71. The lowest BCUT2D eigenvalue weighted by atomic mass is 10.3. The minimum atomic E-state index is -0.612. The maximum atomic E-state index is 13.5. The highest BCUT2D eigenvalue weighted by Crippen LogP contribution is 2.35. The van der Waals surface area contributed by atoms with Crippen LogP contribution in [0.4, 0.5) is 18.9 Å². The van der Waals surface area contributed by atoms with Crippen molar-refractivity contribution in [1.29, 1.82) is 0 Å². The summed E-state index contributed by atoms with van der Waals surface area (Å²) in [6.07, 6.45) is 0. The van der Waals surface area contributed by atoms with Gasteiger partial charge in [0.05, 0.1) is 9.79 Å². The van der Waals surface area contributed by atoms with E-state index in [1.54, 1.807) is 0 Å². The Hall–Kier alpha value is -1.62. The van der Waals surface area contributed by atoms with Gasteiger partial charge in [-0.3, -0.25) is 0 Å². The summed E-state index contributed by atoms with van der Waals surface area (Å²) in [5, 5.41) is 0. The summed E-state index contributed by atoms with van der Waals surface area (Å²) < 4.78 is 39.8. The van der Waals surface area contributed by atoms with Gasteiger partial charge in [0.1, 0.15) is 17.5 Å². The average molecular weight is 255 g/mol. The van der Waals surface area contributed by atoms with Gasteiger partial charge < -0.3 is 5.73 Å². The fraction of sp³-hybridized carbons (Fsp3) is 0. The highest BCUT2D eigenvalue weighted by molar-refractivity contribution is 7.99. The minimum absolute atomic E-state index is 0.00167. The van der Waals surface area contributed by atoms with Crippen molar-refractivity contribution in [3.63, 3.8) is 0 Å². The van der Waals surface area contributed by atoms with Gasteiger partial charge in [0.25, 0.3) is 0 Å². The van der Waals surface area contributed by atoms with Crippen LogP contribution in [0.5, 0.6) is 0 Å². The zero-order valence-electron chi connectivity index (χ0n) is 8.58. The Kier molecular flexibility index (Phi) is 3.28. The van der Waals surface area contributed by atoms with Crippen LogP contribution in [0.2, 0.25) is 0 Å². The predicted molar refractivity (Wildman–Crippen MR) is 61.3 cm³/mol. The molecule has 0 aliphatic rings. The molecule has 2 aromatic rings. The molecule has 5 heteroatoms. The van der Waals surface area contributed by atoms with Crippen molar-refractivity contribution in [2.24, 2.45) is 0 Å². The third-order valence-electron chi connectivity index (χ3n) is 2.10. The van der Waals surface area contributed by atoms with Gasteiger partial charge in [0, 0.05) is 5.69 Å². The first kappa shape index (κ1) is 11.9. The van der Waals surface area contributed by atoms with Gasteiger partial charge in [-0.1, -0.05) is 17.8 Å². The first-order chi connectivity index (χ1) is 8.08. The summed E-state index contributed by atoms with van der Waals surface area (Å²) >= 11 is 0.767. The van der Waals surface area contributed by atoms with Crippen molar-refractivity contribution in [2.45, 2.75) is 9.79 Å². The van der Waals surface area contributed by atoms with Crippen LogP contribution in [-0.4, -0.2) is 0 Å². The van der Waals surface area contributed by atoms with E-state index >= 15 is 0 Å². The molecule has 0 bridgehead atoms. The van der Waals surface area contributed by atoms with Crippen molar-refractivity contribution < 1.29 is 13.2 Å². The van der Waals surface area contributed by atoms with E-state index in [1.807, 2.05) is 0 Å². The molecule has 88 valence electrons. The van der Waals surface area contributed by atoms with Crippen molar-refractivity contribution >= 4 is 17.4 Å². The fourth-order valence-electron chi connectivity index (χ4n) is 1.30. The molecule has 0 aliphatic carbocycles. The van der Waals surface area contributed by atoms with E-state index in [9.17, 15) is 13.2 Å². The molecular formula is C12H8F3NS. The van der Waals surface area contributed by atoms with E-state index in [4.69, 9.17) is 5.73 Å². The smallest absolute Gasteiger partial charge is 0.139 e. The molecule has 0 spiro atoms. The molecule has 0 atom stereocenters. The SMILES string of the molecule is Nc1cccc(F)c1Sc1cc(F)ccc1F. The second-order valence-electron chi connectivity index (χ2n) is 3.33. The van der Waals surface area contributed by atoms with Crippen LogP contribution in [0.3, 0.4) is 0 Å². The second-order valence-corrected chi connectivity index (χ2v) is 4.39. The van der Waals surface area contributed by atoms with Gasteiger partial charge in [0.2, 0.25) is 0 Å². The third kappa shape index (κ3) is 2.55. The van der Waals surface area contributed by atoms with Crippen LogP contribution in [0.15, 0.2) is 46.2 Å². The Bertz CT molecular complexity index is 537. The Morgan fingerprint density at radius 2 is 1.71 bits per heavy atom. The zero-order valence-corrected chi connectivity index (χ0v) is 9.40. The van der Waals surface area contributed by atoms with Gasteiger partial charge in [-0.05, 0) is 30.3 Å². The topological polar surface area (TPSA) is 26.0 Å². The van der Waals surface area contributed by atoms with Gasteiger partial charge >= 0.3 is 0 Å². The first-order valence-corrected chi connectivity index (χ1v) is 5.56. The minimum Gasteiger partial charge on any atom is -0.398 e. The number of halogens is 3. The molecular weight excluding hydrogens is 247 g/mol. The molecule has 0 aromatic heterocycles. The molecule has 2 aromatic carbocycles. The van der Waals surface area contributed by atoms with Gasteiger partial charge in [-0.2, -0.15) is 0 Å². The quantitative estimate of drug-likeness (QED) is 0.825. The number of hydrogen-bond acceptors (Lipinski definition) is 2. The molecule has 0 heterocycles. The summed E-state index contributed by atoms with van der Waals surface area (Å²) in [4.78, 5) is 0.0961. The number of rotatable bonds is 2. The number of nitrogens with two attached hydrogens (primary N) is 1. The number of hydrogen-bond donors (Lipinski definition) is 1. The number of nitrogen functional groups attached to an aromatic ring is 1. The normalized spacial score (nSPS) is 10.5. The van der Waals surface area contributed by atoms with Gasteiger partial charge in [-0.15, -0.1) is 0 Å². The molecule has 0 fully saturated rings. The summed E-state index contributed by atoms with van der Waals surface area (Å²) in [6, 6.07) is 7.18. The summed E-state index contributed by atoms with van der Waals surface area (Å²) in [6.45, 7) is 0. The van der Waals surface area contributed by atoms with Crippen LogP contribution < -0.4 is 5.73 Å². The summed E-state index contributed by atoms with van der Waals surface area (Å²) in [7, 11) is 0. The lowest BCUT2D eigenvalue weighted by molar-refractivity contribution is 0.576. The van der Waals surface area contributed by atoms with Crippen LogP contribution >= 0.6 is 11.8 Å². The monoisotopic (exact) mass is 255 g/mol. The average Bonchev–Trinajstić information content (AvgIpc) is 2.28. The molecule has 2 N–H and O–H groups in total. The number of anilines is 1. The molecule has 0 saturated heterocycles. The molecule has 1 nitrogen and oxygen atoms in total.